The minimum absolute atomic E-state index is 0.0170. The average Bonchev–Trinajstić information content (AvgIpc) is 2.26. The van der Waals surface area contributed by atoms with Gasteiger partial charge in [0.1, 0.15) is 5.92 Å². The van der Waals surface area contributed by atoms with Gasteiger partial charge in [-0.2, -0.15) is 17.0 Å². The van der Waals surface area contributed by atoms with Crippen molar-refractivity contribution in [3.63, 3.8) is 0 Å². The van der Waals surface area contributed by atoms with Crippen molar-refractivity contribution in [3.05, 3.63) is 0 Å². The van der Waals surface area contributed by atoms with Crippen molar-refractivity contribution in [2.24, 2.45) is 5.92 Å². The first-order valence-corrected chi connectivity index (χ1v) is 5.75. The Bertz CT molecular complexity index is 252. The van der Waals surface area contributed by atoms with Crippen LogP contribution in [0.2, 0.25) is 0 Å². The second-order valence-corrected chi connectivity index (χ2v) is 4.44. The number of hydrogen-bond acceptors (Lipinski definition) is 4. The molecule has 0 aliphatic carbocycles. The van der Waals surface area contributed by atoms with Gasteiger partial charge in [0.2, 0.25) is 5.91 Å². The lowest BCUT2D eigenvalue weighted by Gasteiger charge is -2.34. The number of nitrogens with zero attached hydrogens (tertiary/aromatic N) is 2. The van der Waals surface area contributed by atoms with Crippen LogP contribution in [0.3, 0.4) is 0 Å². The molecule has 1 saturated heterocycles. The van der Waals surface area contributed by atoms with E-state index in [1.165, 1.54) is 0 Å². The molecule has 2 unspecified atom stereocenters. The molecule has 1 heterocycles. The summed E-state index contributed by atoms with van der Waals surface area (Å²) in [6, 6.07) is 1.81. The fraction of sp³-hybridized carbons (Fsp3) is 0.778. The molecule has 2 atom stereocenters. The fourth-order valence-electron chi connectivity index (χ4n) is 1.40. The molecule has 0 bridgehead atoms. The molecule has 0 aromatic carbocycles. The highest BCUT2D eigenvalue weighted by molar-refractivity contribution is 7.99. The van der Waals surface area contributed by atoms with Crippen LogP contribution in [-0.4, -0.2) is 46.6 Å². The van der Waals surface area contributed by atoms with Gasteiger partial charge >= 0.3 is 0 Å². The van der Waals surface area contributed by atoms with Gasteiger partial charge in [-0.05, 0) is 6.92 Å². The molecule has 5 heteroatoms. The van der Waals surface area contributed by atoms with E-state index in [1.54, 1.807) is 23.6 Å². The maximum Gasteiger partial charge on any atom is 0.240 e. The van der Waals surface area contributed by atoms with E-state index in [4.69, 9.17) is 10.4 Å². The SMILES string of the molecule is CC(C#N)C(=O)N1CCSCC1CO. The largest absolute Gasteiger partial charge is 0.394 e. The molecule has 1 N–H and O–H groups in total. The van der Waals surface area contributed by atoms with E-state index in [9.17, 15) is 4.79 Å². The lowest BCUT2D eigenvalue weighted by Crippen LogP contribution is -2.49. The van der Waals surface area contributed by atoms with Gasteiger partial charge in [0, 0.05) is 18.1 Å². The number of aliphatic hydroxyl groups excluding tert-OH is 1. The van der Waals surface area contributed by atoms with Gasteiger partial charge in [0.05, 0.1) is 18.7 Å². The molecule has 0 spiro atoms. The second kappa shape index (κ2) is 5.23. The Morgan fingerprint density at radius 2 is 2.57 bits per heavy atom. The van der Waals surface area contributed by atoms with Gasteiger partial charge in [-0.15, -0.1) is 0 Å². The van der Waals surface area contributed by atoms with E-state index >= 15 is 0 Å². The summed E-state index contributed by atoms with van der Waals surface area (Å²) in [7, 11) is 0. The number of aliphatic hydroxyl groups is 1. The van der Waals surface area contributed by atoms with Gasteiger partial charge in [-0.25, -0.2) is 0 Å². The van der Waals surface area contributed by atoms with Crippen molar-refractivity contribution in [3.8, 4) is 6.07 Å². The molecule has 1 amide bonds. The summed E-state index contributed by atoms with van der Waals surface area (Å²) in [5.74, 6) is 0.889. The molecule has 0 saturated carbocycles. The number of amides is 1. The average molecular weight is 214 g/mol. The number of rotatable bonds is 2. The number of thioether (sulfide) groups is 1. The Kier molecular flexibility index (Phi) is 4.23. The number of carbonyl (C=O) groups excluding carboxylic acids is 1. The van der Waals surface area contributed by atoms with E-state index in [1.807, 2.05) is 6.07 Å². The highest BCUT2D eigenvalue weighted by Gasteiger charge is 2.29. The zero-order valence-corrected chi connectivity index (χ0v) is 8.96. The molecular formula is C9H14N2O2S. The van der Waals surface area contributed by atoms with Crippen molar-refractivity contribution >= 4 is 17.7 Å². The predicted octanol–water partition coefficient (Wildman–Crippen LogP) is 0.0824. The smallest absolute Gasteiger partial charge is 0.240 e. The third-order valence-electron chi connectivity index (χ3n) is 2.29. The first kappa shape index (κ1) is 11.3. The molecule has 1 fully saturated rings. The Morgan fingerprint density at radius 3 is 3.14 bits per heavy atom. The second-order valence-electron chi connectivity index (χ2n) is 3.29. The molecule has 0 aromatic heterocycles. The molecule has 0 aromatic rings. The lowest BCUT2D eigenvalue weighted by molar-refractivity contribution is -0.135. The zero-order valence-electron chi connectivity index (χ0n) is 8.14. The monoisotopic (exact) mass is 214 g/mol. The summed E-state index contributed by atoms with van der Waals surface area (Å²) in [4.78, 5) is 13.3. The van der Waals surface area contributed by atoms with Crippen LogP contribution >= 0.6 is 11.8 Å². The maximum absolute atomic E-state index is 11.7. The summed E-state index contributed by atoms with van der Waals surface area (Å²) >= 11 is 1.73. The summed E-state index contributed by atoms with van der Waals surface area (Å²) in [6.45, 7) is 2.22. The number of hydrogen-bond donors (Lipinski definition) is 1. The normalized spacial score (nSPS) is 24.1. The van der Waals surface area contributed by atoms with Crippen LogP contribution in [0.15, 0.2) is 0 Å². The van der Waals surface area contributed by atoms with Crippen molar-refractivity contribution in [2.45, 2.75) is 13.0 Å². The Morgan fingerprint density at radius 1 is 1.86 bits per heavy atom. The van der Waals surface area contributed by atoms with E-state index < -0.39 is 5.92 Å². The van der Waals surface area contributed by atoms with Crippen LogP contribution in [0.4, 0.5) is 0 Å². The summed E-state index contributed by atoms with van der Waals surface area (Å²) < 4.78 is 0. The molecule has 78 valence electrons. The fourth-order valence-corrected chi connectivity index (χ4v) is 2.45. The quantitative estimate of drug-likeness (QED) is 0.707. The molecule has 1 rings (SSSR count). The van der Waals surface area contributed by atoms with Crippen molar-refractivity contribution in [1.29, 1.82) is 5.26 Å². The zero-order chi connectivity index (χ0) is 10.6. The van der Waals surface area contributed by atoms with Crippen molar-refractivity contribution in [2.75, 3.05) is 24.7 Å². The van der Waals surface area contributed by atoms with E-state index in [-0.39, 0.29) is 18.6 Å². The van der Waals surface area contributed by atoms with Crippen LogP contribution in [0.25, 0.3) is 0 Å². The third-order valence-corrected chi connectivity index (χ3v) is 3.38. The molecule has 14 heavy (non-hydrogen) atoms. The predicted molar refractivity (Wildman–Crippen MR) is 54.7 cm³/mol. The van der Waals surface area contributed by atoms with Crippen molar-refractivity contribution < 1.29 is 9.90 Å². The Labute approximate surface area is 87.9 Å². The Balaban J connectivity index is 2.64. The van der Waals surface area contributed by atoms with Gasteiger partial charge in [-0.3, -0.25) is 4.79 Å². The van der Waals surface area contributed by atoms with Crippen LogP contribution in [0.1, 0.15) is 6.92 Å². The topological polar surface area (TPSA) is 64.3 Å². The van der Waals surface area contributed by atoms with Crippen LogP contribution in [-0.2, 0) is 4.79 Å². The first-order valence-electron chi connectivity index (χ1n) is 4.59. The highest BCUT2D eigenvalue weighted by Crippen LogP contribution is 2.18. The van der Waals surface area contributed by atoms with Gasteiger partial charge < -0.3 is 10.0 Å². The minimum Gasteiger partial charge on any atom is -0.394 e. The van der Waals surface area contributed by atoms with E-state index in [0.29, 0.717) is 6.54 Å². The summed E-state index contributed by atoms with van der Waals surface area (Å²) in [5.41, 5.74) is 0. The summed E-state index contributed by atoms with van der Waals surface area (Å²) in [6.07, 6.45) is 0. The number of nitriles is 1. The van der Waals surface area contributed by atoms with Crippen LogP contribution in [0, 0.1) is 17.2 Å². The van der Waals surface area contributed by atoms with Gasteiger partial charge in [0.25, 0.3) is 0 Å². The molecule has 4 nitrogen and oxygen atoms in total. The number of carbonyl (C=O) groups is 1. The molecule has 1 aliphatic rings. The molecular weight excluding hydrogens is 200 g/mol. The lowest BCUT2D eigenvalue weighted by atomic mass is 10.1. The van der Waals surface area contributed by atoms with Crippen LogP contribution < -0.4 is 0 Å². The minimum atomic E-state index is -0.604. The van der Waals surface area contributed by atoms with E-state index in [2.05, 4.69) is 0 Å². The highest BCUT2D eigenvalue weighted by atomic mass is 32.2. The van der Waals surface area contributed by atoms with Gasteiger partial charge in [-0.1, -0.05) is 0 Å². The third kappa shape index (κ3) is 2.40. The van der Waals surface area contributed by atoms with Gasteiger partial charge in [0.15, 0.2) is 0 Å². The first-order chi connectivity index (χ1) is 6.70. The summed E-state index contributed by atoms with van der Waals surface area (Å²) in [5, 5.41) is 17.7. The molecule has 1 aliphatic heterocycles. The molecule has 0 radical (unpaired) electrons. The van der Waals surface area contributed by atoms with Crippen LogP contribution in [0.5, 0.6) is 0 Å². The standard InChI is InChI=1S/C9H14N2O2S/c1-7(4-10)9(13)11-2-3-14-6-8(11)5-12/h7-8,12H,2-3,5-6H2,1H3. The van der Waals surface area contributed by atoms with E-state index in [0.717, 1.165) is 11.5 Å². The maximum atomic E-state index is 11.7. The van der Waals surface area contributed by atoms with Crippen molar-refractivity contribution in [1.82, 2.24) is 4.90 Å². The Hall–Kier alpha value is -0.730.